The molecule has 0 spiro atoms. The summed E-state index contributed by atoms with van der Waals surface area (Å²) in [4.78, 5) is 3.97. The van der Waals surface area contributed by atoms with Gasteiger partial charge in [-0.05, 0) is 6.07 Å². The topological polar surface area (TPSA) is 98.3 Å². The summed E-state index contributed by atoms with van der Waals surface area (Å²) in [5.74, 6) is 1.08. The molecule has 26 heavy (non-hydrogen) atoms. The van der Waals surface area contributed by atoms with Crippen molar-refractivity contribution in [2.24, 2.45) is 4.99 Å². The Morgan fingerprint density at radius 3 is 2.62 bits per heavy atom. The van der Waals surface area contributed by atoms with Gasteiger partial charge >= 0.3 is 6.61 Å². The van der Waals surface area contributed by atoms with E-state index in [0.29, 0.717) is 23.0 Å². The lowest BCUT2D eigenvalue weighted by Crippen LogP contribution is -2.39. The molecule has 0 radical (unpaired) electrons. The quantitative estimate of drug-likeness (QED) is 0.504. The van der Waals surface area contributed by atoms with Crippen LogP contribution in [0.5, 0.6) is 17.2 Å². The fourth-order valence-electron chi connectivity index (χ4n) is 2.18. The van der Waals surface area contributed by atoms with Gasteiger partial charge < -0.3 is 24.8 Å². The first-order chi connectivity index (χ1) is 12.3. The zero-order chi connectivity index (χ0) is 19.2. The molecule has 1 aliphatic rings. The van der Waals surface area contributed by atoms with Crippen LogP contribution in [0.2, 0.25) is 0 Å². The average molecular weight is 393 g/mol. The molecule has 1 heterocycles. The minimum Gasteiger partial charge on any atom is -0.454 e. The molecule has 0 bridgehead atoms. The molecule has 1 aromatic carbocycles. The number of alkyl halides is 2. The molecule has 1 aliphatic heterocycles. The summed E-state index contributed by atoms with van der Waals surface area (Å²) >= 11 is 0. The summed E-state index contributed by atoms with van der Waals surface area (Å²) in [5, 5.41) is 5.78. The Morgan fingerprint density at radius 2 is 2.00 bits per heavy atom. The van der Waals surface area contributed by atoms with Crippen LogP contribution in [0.25, 0.3) is 0 Å². The van der Waals surface area contributed by atoms with Gasteiger partial charge in [0.05, 0.1) is 5.75 Å². The number of sulfone groups is 1. The van der Waals surface area contributed by atoms with E-state index in [1.54, 1.807) is 13.0 Å². The molecule has 146 valence electrons. The van der Waals surface area contributed by atoms with Crippen molar-refractivity contribution in [1.29, 1.82) is 0 Å². The Morgan fingerprint density at radius 1 is 1.31 bits per heavy atom. The summed E-state index contributed by atoms with van der Waals surface area (Å²) in [5.41, 5.74) is 0.415. The molecule has 0 saturated heterocycles. The number of benzene rings is 1. The zero-order valence-electron chi connectivity index (χ0n) is 14.4. The normalized spacial score (nSPS) is 13.8. The Labute approximate surface area is 150 Å². The van der Waals surface area contributed by atoms with Crippen molar-refractivity contribution < 1.29 is 31.4 Å². The highest BCUT2D eigenvalue weighted by Crippen LogP contribution is 2.38. The lowest BCUT2D eigenvalue weighted by molar-refractivity contribution is -0.0505. The molecule has 8 nitrogen and oxygen atoms in total. The first-order valence-corrected chi connectivity index (χ1v) is 9.69. The molecular formula is C15H21F2N3O5S. The van der Waals surface area contributed by atoms with Crippen molar-refractivity contribution in [3.8, 4) is 17.2 Å². The minimum atomic E-state index is -3.10. The van der Waals surface area contributed by atoms with Crippen molar-refractivity contribution >= 4 is 15.8 Å². The third-order valence-electron chi connectivity index (χ3n) is 3.59. The number of nitrogens with one attached hydrogen (secondary N) is 2. The Kier molecular flexibility index (Phi) is 6.83. The fourth-order valence-corrected chi connectivity index (χ4v) is 2.88. The number of nitrogens with zero attached hydrogens (tertiary/aromatic N) is 1. The molecule has 0 unspecified atom stereocenters. The Balaban J connectivity index is 2.00. The second kappa shape index (κ2) is 8.88. The second-order valence-corrected chi connectivity index (χ2v) is 7.75. The average Bonchev–Trinajstić information content (AvgIpc) is 3.04. The van der Waals surface area contributed by atoms with Gasteiger partial charge in [0.25, 0.3) is 0 Å². The summed E-state index contributed by atoms with van der Waals surface area (Å²) in [6.07, 6.45) is 0. The van der Waals surface area contributed by atoms with Gasteiger partial charge in [0.1, 0.15) is 5.75 Å². The third kappa shape index (κ3) is 5.61. The molecule has 0 saturated carbocycles. The second-order valence-electron chi connectivity index (χ2n) is 5.28. The highest BCUT2D eigenvalue weighted by molar-refractivity contribution is 7.91. The maximum atomic E-state index is 12.6. The van der Waals surface area contributed by atoms with E-state index in [4.69, 9.17) is 9.47 Å². The van der Waals surface area contributed by atoms with Gasteiger partial charge in [0.2, 0.25) is 6.79 Å². The minimum absolute atomic E-state index is 0.00939. The Hall–Kier alpha value is -2.30. The molecule has 0 aromatic heterocycles. The fraction of sp³-hybridized carbons (Fsp3) is 0.533. The third-order valence-corrected chi connectivity index (χ3v) is 5.29. The number of guanidine groups is 1. The monoisotopic (exact) mass is 393 g/mol. The molecule has 2 N–H and O–H groups in total. The van der Waals surface area contributed by atoms with Crippen LogP contribution in [-0.4, -0.2) is 52.9 Å². The predicted octanol–water partition coefficient (Wildman–Crippen LogP) is 1.12. The summed E-state index contributed by atoms with van der Waals surface area (Å²) in [7, 11) is -1.58. The first kappa shape index (κ1) is 20.0. The van der Waals surface area contributed by atoms with Crippen molar-refractivity contribution in [3.05, 3.63) is 17.7 Å². The van der Waals surface area contributed by atoms with Crippen LogP contribution in [0.4, 0.5) is 8.78 Å². The van der Waals surface area contributed by atoms with Crippen LogP contribution < -0.4 is 24.8 Å². The number of fused-ring (bicyclic) bond motifs is 1. The predicted molar refractivity (Wildman–Crippen MR) is 91.7 cm³/mol. The van der Waals surface area contributed by atoms with Crippen molar-refractivity contribution in [1.82, 2.24) is 10.6 Å². The largest absolute Gasteiger partial charge is 0.454 e. The highest BCUT2D eigenvalue weighted by atomic mass is 32.2. The van der Waals surface area contributed by atoms with Gasteiger partial charge in [-0.2, -0.15) is 8.78 Å². The van der Waals surface area contributed by atoms with Crippen LogP contribution in [0.3, 0.4) is 0 Å². The maximum Gasteiger partial charge on any atom is 0.387 e. The Bertz CT molecular complexity index is 756. The van der Waals surface area contributed by atoms with Gasteiger partial charge in [-0.15, -0.1) is 0 Å². The molecular weight excluding hydrogens is 372 g/mol. The van der Waals surface area contributed by atoms with E-state index >= 15 is 0 Å². The molecule has 2 rings (SSSR count). The molecule has 1 aromatic rings. The van der Waals surface area contributed by atoms with Crippen molar-refractivity contribution in [3.63, 3.8) is 0 Å². The smallest absolute Gasteiger partial charge is 0.387 e. The van der Waals surface area contributed by atoms with Gasteiger partial charge in [0.15, 0.2) is 27.3 Å². The van der Waals surface area contributed by atoms with E-state index < -0.39 is 16.4 Å². The van der Waals surface area contributed by atoms with Crippen LogP contribution in [0.1, 0.15) is 12.5 Å². The van der Waals surface area contributed by atoms with E-state index in [9.17, 15) is 17.2 Å². The van der Waals surface area contributed by atoms with E-state index in [0.717, 1.165) is 0 Å². The van der Waals surface area contributed by atoms with Crippen molar-refractivity contribution in [2.45, 2.75) is 20.1 Å². The van der Waals surface area contributed by atoms with Crippen LogP contribution in [0.15, 0.2) is 17.1 Å². The van der Waals surface area contributed by atoms with Crippen LogP contribution in [-0.2, 0) is 16.4 Å². The number of halogens is 2. The van der Waals surface area contributed by atoms with Gasteiger partial charge in [0, 0.05) is 37.5 Å². The molecule has 0 atom stereocenters. The van der Waals surface area contributed by atoms with Crippen LogP contribution >= 0.6 is 0 Å². The zero-order valence-corrected chi connectivity index (χ0v) is 15.2. The number of hydrogen-bond donors (Lipinski definition) is 2. The summed E-state index contributed by atoms with van der Waals surface area (Å²) < 4.78 is 63.2. The van der Waals surface area contributed by atoms with Gasteiger partial charge in [-0.1, -0.05) is 6.92 Å². The SMILES string of the molecule is CCS(=O)(=O)CCNC(=NC)NCc1cc2c(cc1OC(F)F)OCO2. The van der Waals surface area contributed by atoms with Crippen LogP contribution in [0, 0.1) is 0 Å². The summed E-state index contributed by atoms with van der Waals surface area (Å²) in [6, 6.07) is 2.89. The van der Waals surface area contributed by atoms with Gasteiger partial charge in [-0.3, -0.25) is 4.99 Å². The summed E-state index contributed by atoms with van der Waals surface area (Å²) in [6.45, 7) is -1.11. The number of aliphatic imine (C=N–C) groups is 1. The lowest BCUT2D eigenvalue weighted by Gasteiger charge is -2.15. The maximum absolute atomic E-state index is 12.6. The lowest BCUT2D eigenvalue weighted by atomic mass is 10.1. The number of hydrogen-bond acceptors (Lipinski definition) is 6. The first-order valence-electron chi connectivity index (χ1n) is 7.87. The standard InChI is InChI=1S/C15H21F2N3O5S/c1-3-26(21,22)5-4-19-15(18-2)20-8-10-6-12-13(24-9-23-12)7-11(10)25-14(16)17/h6-7,14H,3-5,8-9H2,1-2H3,(H2,18,19,20). The number of ether oxygens (including phenoxy) is 3. The molecule has 0 amide bonds. The molecule has 0 fully saturated rings. The molecule has 11 heteroatoms. The number of rotatable bonds is 8. The van der Waals surface area contributed by atoms with Gasteiger partial charge in [-0.25, -0.2) is 8.42 Å². The highest BCUT2D eigenvalue weighted by Gasteiger charge is 2.20. The van der Waals surface area contributed by atoms with E-state index in [1.165, 1.54) is 13.1 Å². The molecule has 0 aliphatic carbocycles. The van der Waals surface area contributed by atoms with Crippen molar-refractivity contribution in [2.75, 3.05) is 31.9 Å². The van der Waals surface area contributed by atoms with E-state index in [2.05, 4.69) is 20.4 Å². The van der Waals surface area contributed by atoms with E-state index in [-0.39, 0.29) is 37.1 Å². The van der Waals surface area contributed by atoms with E-state index in [1.807, 2.05) is 0 Å².